The first-order valence-corrected chi connectivity index (χ1v) is 9.25. The lowest BCUT2D eigenvalue weighted by Crippen LogP contribution is -2.24. The number of rotatable bonds is 5. The van der Waals surface area contributed by atoms with Crippen molar-refractivity contribution in [3.05, 3.63) is 60.6 Å². The van der Waals surface area contributed by atoms with Crippen LogP contribution in [0, 0.1) is 17.8 Å². The number of pyridine rings is 1. The molecule has 2 unspecified atom stereocenters. The molecule has 0 radical (unpaired) electrons. The van der Waals surface area contributed by atoms with Gasteiger partial charge in [-0.15, -0.1) is 0 Å². The largest absolute Gasteiger partial charge is 0.371 e. The van der Waals surface area contributed by atoms with Crippen molar-refractivity contribution in [3.63, 3.8) is 0 Å². The number of nitrogens with zero attached hydrogens (tertiary/aromatic N) is 3. The van der Waals surface area contributed by atoms with Crippen LogP contribution < -0.4 is 10.6 Å². The molecule has 3 heterocycles. The number of hydrogen-bond donors (Lipinski definition) is 1. The number of nitrogens with two attached hydrogens (primary N) is 1. The van der Waals surface area contributed by atoms with Crippen LogP contribution in [0.5, 0.6) is 0 Å². The van der Waals surface area contributed by atoms with Gasteiger partial charge < -0.3 is 15.2 Å². The zero-order valence-electron chi connectivity index (χ0n) is 14.6. The van der Waals surface area contributed by atoms with Crippen LogP contribution in [0.4, 0.5) is 5.69 Å². The van der Waals surface area contributed by atoms with E-state index in [-0.39, 0.29) is 5.91 Å². The molecule has 5 nitrogen and oxygen atoms in total. The molecule has 26 heavy (non-hydrogen) atoms. The molecular formula is C21H22N4O. The molecule has 2 aromatic heterocycles. The Labute approximate surface area is 152 Å². The fraction of sp³-hybridized carbons (Fsp3) is 0.333. The van der Waals surface area contributed by atoms with E-state index in [9.17, 15) is 4.79 Å². The highest BCUT2D eigenvalue weighted by Crippen LogP contribution is 2.54. The standard InChI is InChI=1S/C21H22N4O/c22-21(26)20-10-14-11-23-8-6-19(14)25(20)9-7-16-17-12-24(13-18(16)17)15-4-2-1-3-5-15/h1-6,8,10-11,16-18H,7,9,12-13H2,(H2,22,26). The summed E-state index contributed by atoms with van der Waals surface area (Å²) in [7, 11) is 0. The maximum atomic E-state index is 11.8. The average Bonchev–Trinajstić information content (AvgIpc) is 3.01. The topological polar surface area (TPSA) is 64.2 Å². The van der Waals surface area contributed by atoms with Gasteiger partial charge in [-0.25, -0.2) is 0 Å². The van der Waals surface area contributed by atoms with E-state index >= 15 is 0 Å². The molecule has 132 valence electrons. The summed E-state index contributed by atoms with van der Waals surface area (Å²) in [6.07, 6.45) is 4.67. The normalized spacial score (nSPS) is 24.0. The lowest BCUT2D eigenvalue weighted by molar-refractivity contribution is 0.0991. The Bertz CT molecular complexity index is 953. The second-order valence-electron chi connectivity index (χ2n) is 7.50. The lowest BCUT2D eigenvalue weighted by atomic mass is 10.1. The number of carbonyl (C=O) groups is 1. The highest BCUT2D eigenvalue weighted by atomic mass is 16.1. The van der Waals surface area contributed by atoms with Gasteiger partial charge in [0.25, 0.3) is 5.91 Å². The maximum absolute atomic E-state index is 11.8. The molecule has 1 amide bonds. The van der Waals surface area contributed by atoms with Crippen molar-refractivity contribution in [2.45, 2.75) is 13.0 Å². The summed E-state index contributed by atoms with van der Waals surface area (Å²) >= 11 is 0. The van der Waals surface area contributed by atoms with Crippen LogP contribution in [0.3, 0.4) is 0 Å². The number of aryl methyl sites for hydroxylation is 1. The van der Waals surface area contributed by atoms with Crippen LogP contribution in [0.2, 0.25) is 0 Å². The van der Waals surface area contributed by atoms with E-state index in [0.717, 1.165) is 54.7 Å². The Kier molecular flexibility index (Phi) is 3.48. The molecule has 1 saturated carbocycles. The Balaban J connectivity index is 1.27. The summed E-state index contributed by atoms with van der Waals surface area (Å²) in [6, 6.07) is 14.5. The molecule has 3 aromatic rings. The van der Waals surface area contributed by atoms with E-state index in [0.29, 0.717) is 5.69 Å². The van der Waals surface area contributed by atoms with Crippen molar-refractivity contribution in [3.8, 4) is 0 Å². The minimum absolute atomic E-state index is 0.368. The number of primary amides is 1. The Hall–Kier alpha value is -2.82. The van der Waals surface area contributed by atoms with Gasteiger partial charge in [0, 0.05) is 43.1 Å². The number of benzene rings is 1. The van der Waals surface area contributed by atoms with E-state index in [1.807, 2.05) is 12.1 Å². The fourth-order valence-corrected chi connectivity index (χ4v) is 4.76. The summed E-state index contributed by atoms with van der Waals surface area (Å²) in [5, 5.41) is 0.979. The summed E-state index contributed by atoms with van der Waals surface area (Å²) in [5.41, 5.74) is 8.55. The molecule has 1 aliphatic heterocycles. The molecule has 2 aliphatic rings. The van der Waals surface area contributed by atoms with Gasteiger partial charge in [-0.2, -0.15) is 0 Å². The maximum Gasteiger partial charge on any atom is 0.265 e. The molecule has 2 fully saturated rings. The second kappa shape index (κ2) is 5.87. The molecule has 0 spiro atoms. The van der Waals surface area contributed by atoms with Gasteiger partial charge in [-0.3, -0.25) is 9.78 Å². The first-order chi connectivity index (χ1) is 12.7. The third-order valence-electron chi connectivity index (χ3n) is 6.13. The van der Waals surface area contributed by atoms with Crippen molar-refractivity contribution in [2.24, 2.45) is 23.5 Å². The zero-order chi connectivity index (χ0) is 17.7. The number of piperidine rings is 1. The minimum Gasteiger partial charge on any atom is -0.371 e. The van der Waals surface area contributed by atoms with E-state index in [1.165, 1.54) is 5.69 Å². The van der Waals surface area contributed by atoms with Crippen molar-refractivity contribution in [1.82, 2.24) is 9.55 Å². The van der Waals surface area contributed by atoms with E-state index in [2.05, 4.69) is 44.8 Å². The van der Waals surface area contributed by atoms with E-state index in [4.69, 9.17) is 5.73 Å². The first kappa shape index (κ1) is 15.4. The second-order valence-corrected chi connectivity index (χ2v) is 7.50. The van der Waals surface area contributed by atoms with Crippen LogP contribution in [0.25, 0.3) is 10.9 Å². The summed E-state index contributed by atoms with van der Waals surface area (Å²) in [4.78, 5) is 18.5. The smallest absolute Gasteiger partial charge is 0.265 e. The number of fused-ring (bicyclic) bond motifs is 2. The molecule has 0 bridgehead atoms. The molecule has 1 saturated heterocycles. The fourth-order valence-electron chi connectivity index (χ4n) is 4.76. The van der Waals surface area contributed by atoms with Gasteiger partial charge >= 0.3 is 0 Å². The van der Waals surface area contributed by atoms with E-state index < -0.39 is 0 Å². The SMILES string of the molecule is NC(=O)c1cc2cnccc2n1CCC1C2CN(c3ccccc3)CC12. The Morgan fingerprint density at radius 3 is 2.65 bits per heavy atom. The first-order valence-electron chi connectivity index (χ1n) is 9.25. The molecule has 2 atom stereocenters. The van der Waals surface area contributed by atoms with Crippen molar-refractivity contribution < 1.29 is 4.79 Å². The van der Waals surface area contributed by atoms with Crippen LogP contribution in [0.15, 0.2) is 54.9 Å². The van der Waals surface area contributed by atoms with Crippen molar-refractivity contribution in [2.75, 3.05) is 18.0 Å². The predicted octanol–water partition coefficient (Wildman–Crippen LogP) is 2.91. The van der Waals surface area contributed by atoms with Crippen LogP contribution in [0.1, 0.15) is 16.9 Å². The highest BCUT2D eigenvalue weighted by Gasteiger charge is 2.54. The van der Waals surface area contributed by atoms with Gasteiger partial charge in [0.15, 0.2) is 0 Å². The summed E-state index contributed by atoms with van der Waals surface area (Å²) < 4.78 is 2.07. The lowest BCUT2D eigenvalue weighted by Gasteiger charge is -2.22. The van der Waals surface area contributed by atoms with Crippen molar-refractivity contribution in [1.29, 1.82) is 0 Å². The van der Waals surface area contributed by atoms with Crippen LogP contribution in [-0.4, -0.2) is 28.5 Å². The number of para-hydroxylation sites is 1. The highest BCUT2D eigenvalue weighted by molar-refractivity contribution is 5.97. The number of anilines is 1. The average molecular weight is 346 g/mol. The molecule has 5 heteroatoms. The monoisotopic (exact) mass is 346 g/mol. The summed E-state index contributed by atoms with van der Waals surface area (Å²) in [6.45, 7) is 3.14. The number of hydrogen-bond acceptors (Lipinski definition) is 3. The van der Waals surface area contributed by atoms with Gasteiger partial charge in [0.05, 0.1) is 5.52 Å². The number of carbonyl (C=O) groups excluding carboxylic acids is 1. The van der Waals surface area contributed by atoms with E-state index in [1.54, 1.807) is 12.4 Å². The van der Waals surface area contributed by atoms with Gasteiger partial charge in [0.2, 0.25) is 0 Å². The zero-order valence-corrected chi connectivity index (χ0v) is 14.6. The molecule has 1 aromatic carbocycles. The predicted molar refractivity (Wildman–Crippen MR) is 102 cm³/mol. The minimum atomic E-state index is -0.368. The van der Waals surface area contributed by atoms with Gasteiger partial charge in [-0.05, 0) is 48.4 Å². The third-order valence-corrected chi connectivity index (χ3v) is 6.13. The number of amides is 1. The summed E-state index contributed by atoms with van der Waals surface area (Å²) in [5.74, 6) is 1.97. The van der Waals surface area contributed by atoms with Crippen LogP contribution >= 0.6 is 0 Å². The molecule has 5 rings (SSSR count). The Morgan fingerprint density at radius 1 is 1.15 bits per heavy atom. The molecular weight excluding hydrogens is 324 g/mol. The van der Waals surface area contributed by atoms with Crippen molar-refractivity contribution >= 4 is 22.5 Å². The van der Waals surface area contributed by atoms with Crippen LogP contribution in [-0.2, 0) is 6.54 Å². The molecule has 2 N–H and O–H groups in total. The van der Waals surface area contributed by atoms with Gasteiger partial charge in [0.1, 0.15) is 5.69 Å². The quantitative estimate of drug-likeness (QED) is 0.772. The Morgan fingerprint density at radius 2 is 1.92 bits per heavy atom. The van der Waals surface area contributed by atoms with Gasteiger partial charge in [-0.1, -0.05) is 18.2 Å². The molecule has 1 aliphatic carbocycles. The number of aromatic nitrogens is 2. The third kappa shape index (κ3) is 2.46.